The second-order valence-electron chi connectivity index (χ2n) is 4.65. The lowest BCUT2D eigenvalue weighted by Gasteiger charge is -2.14. The highest BCUT2D eigenvalue weighted by Gasteiger charge is 2.17. The zero-order chi connectivity index (χ0) is 18.1. The average Bonchev–Trinajstić information content (AvgIpc) is 2.40. The molecular formula is C13H10Cl3NO5S2. The number of ether oxygens (including phenoxy) is 1. The van der Waals surface area contributed by atoms with Crippen LogP contribution in [0.2, 0.25) is 10.0 Å². The fraction of sp³-hybridized carbons (Fsp3) is 0.0769. The summed E-state index contributed by atoms with van der Waals surface area (Å²) in [5.74, 6) is 0.0631. The van der Waals surface area contributed by atoms with Gasteiger partial charge in [0.1, 0.15) is 5.75 Å². The van der Waals surface area contributed by atoms with Gasteiger partial charge in [-0.25, -0.2) is 16.8 Å². The maximum Gasteiger partial charge on any atom is 0.261 e. The summed E-state index contributed by atoms with van der Waals surface area (Å²) in [6.45, 7) is 0. The lowest BCUT2D eigenvalue weighted by molar-refractivity contribution is 0.483. The molecule has 24 heavy (non-hydrogen) atoms. The van der Waals surface area contributed by atoms with E-state index in [0.717, 1.165) is 18.4 Å². The van der Waals surface area contributed by atoms with Gasteiger partial charge in [-0.05, 0) is 30.3 Å². The van der Waals surface area contributed by atoms with E-state index in [0.29, 0.717) is 5.02 Å². The molecule has 0 aliphatic rings. The molecule has 6 nitrogen and oxygen atoms in total. The summed E-state index contributed by atoms with van der Waals surface area (Å²) >= 11 is 11.8. The van der Waals surface area contributed by atoms with Crippen molar-refractivity contribution in [3.63, 3.8) is 0 Å². The normalized spacial score (nSPS) is 12.0. The molecule has 0 atom stereocenters. The molecule has 0 aliphatic heterocycles. The van der Waals surface area contributed by atoms with Gasteiger partial charge in [0.2, 0.25) is 10.0 Å². The van der Waals surface area contributed by atoms with Crippen LogP contribution in [-0.4, -0.2) is 23.1 Å². The SMILES string of the molecule is CS(=O)(=O)Nc1ccc(S(=O)(=O)Cl)cc1Oc1ccc(Cl)cc1Cl. The van der Waals surface area contributed by atoms with Crippen LogP contribution in [0, 0.1) is 0 Å². The molecule has 2 rings (SSSR count). The quantitative estimate of drug-likeness (QED) is 0.722. The minimum atomic E-state index is -4.03. The third kappa shape index (κ3) is 5.15. The summed E-state index contributed by atoms with van der Waals surface area (Å²) < 4.78 is 53.6. The van der Waals surface area contributed by atoms with Gasteiger partial charge in [0, 0.05) is 21.8 Å². The Morgan fingerprint density at radius 1 is 0.958 bits per heavy atom. The first-order chi connectivity index (χ1) is 11.0. The molecule has 0 amide bonds. The molecule has 11 heteroatoms. The maximum absolute atomic E-state index is 11.5. The molecule has 0 aliphatic carbocycles. The number of anilines is 1. The maximum atomic E-state index is 11.5. The number of hydrogen-bond donors (Lipinski definition) is 1. The second kappa shape index (κ2) is 6.97. The summed E-state index contributed by atoms with van der Waals surface area (Å²) in [5, 5.41) is 0.533. The number of hydrogen-bond acceptors (Lipinski definition) is 5. The molecule has 0 fully saturated rings. The van der Waals surface area contributed by atoms with Gasteiger partial charge in [-0.2, -0.15) is 0 Å². The molecule has 0 saturated heterocycles. The minimum Gasteiger partial charge on any atom is -0.454 e. The van der Waals surface area contributed by atoms with Crippen LogP contribution in [0.15, 0.2) is 41.3 Å². The van der Waals surface area contributed by atoms with Crippen LogP contribution in [0.25, 0.3) is 0 Å². The first-order valence-electron chi connectivity index (χ1n) is 6.15. The summed E-state index contributed by atoms with van der Waals surface area (Å²) in [7, 11) is -2.35. The Labute approximate surface area is 153 Å². The van der Waals surface area contributed by atoms with E-state index in [1.54, 1.807) is 0 Å². The first kappa shape index (κ1) is 19.1. The van der Waals surface area contributed by atoms with Crippen molar-refractivity contribution in [3.05, 3.63) is 46.4 Å². The van der Waals surface area contributed by atoms with Crippen LogP contribution in [0.3, 0.4) is 0 Å². The zero-order valence-electron chi connectivity index (χ0n) is 12.0. The monoisotopic (exact) mass is 429 g/mol. The third-order valence-corrected chi connectivity index (χ3v) is 5.12. The molecule has 0 unspecified atom stereocenters. The summed E-state index contributed by atoms with van der Waals surface area (Å²) in [4.78, 5) is -0.261. The summed E-state index contributed by atoms with van der Waals surface area (Å²) in [6, 6.07) is 7.83. The molecule has 0 radical (unpaired) electrons. The predicted molar refractivity (Wildman–Crippen MR) is 94.5 cm³/mol. The smallest absolute Gasteiger partial charge is 0.261 e. The number of rotatable bonds is 5. The topological polar surface area (TPSA) is 89.5 Å². The Bertz CT molecular complexity index is 991. The van der Waals surface area contributed by atoms with Crippen LogP contribution in [-0.2, 0) is 19.1 Å². The van der Waals surface area contributed by atoms with E-state index < -0.39 is 19.1 Å². The Balaban J connectivity index is 2.54. The third-order valence-electron chi connectivity index (χ3n) is 2.64. The van der Waals surface area contributed by atoms with Gasteiger partial charge in [0.05, 0.1) is 21.9 Å². The molecule has 0 bridgehead atoms. The highest BCUT2D eigenvalue weighted by atomic mass is 35.7. The van der Waals surface area contributed by atoms with Crippen molar-refractivity contribution in [1.82, 2.24) is 0 Å². The van der Waals surface area contributed by atoms with Crippen LogP contribution in [0.5, 0.6) is 11.5 Å². The second-order valence-corrected chi connectivity index (χ2v) is 9.80. The minimum absolute atomic E-state index is 0.0209. The summed E-state index contributed by atoms with van der Waals surface area (Å²) in [5.41, 5.74) is 0.0209. The highest BCUT2D eigenvalue weighted by molar-refractivity contribution is 8.13. The number of benzene rings is 2. The summed E-state index contributed by atoms with van der Waals surface area (Å²) in [6.07, 6.45) is 0.943. The van der Waals surface area contributed by atoms with Gasteiger partial charge in [-0.15, -0.1) is 0 Å². The Hall–Kier alpha value is -1.19. The molecule has 0 heterocycles. The van der Waals surface area contributed by atoms with Crippen LogP contribution in [0.4, 0.5) is 5.69 Å². The van der Waals surface area contributed by atoms with Gasteiger partial charge in [-0.1, -0.05) is 23.2 Å². The van der Waals surface area contributed by atoms with Gasteiger partial charge in [0.15, 0.2) is 5.75 Å². The van der Waals surface area contributed by atoms with Crippen molar-refractivity contribution in [3.8, 4) is 11.5 Å². The predicted octanol–water partition coefficient (Wildman–Crippen LogP) is 4.08. The number of sulfonamides is 1. The molecule has 130 valence electrons. The van der Waals surface area contributed by atoms with Crippen molar-refractivity contribution in [1.29, 1.82) is 0 Å². The molecule has 0 saturated carbocycles. The van der Waals surface area contributed by atoms with E-state index >= 15 is 0 Å². The largest absolute Gasteiger partial charge is 0.454 e. The van der Waals surface area contributed by atoms with Crippen LogP contribution in [0.1, 0.15) is 0 Å². The lowest BCUT2D eigenvalue weighted by atomic mass is 10.3. The lowest BCUT2D eigenvalue weighted by Crippen LogP contribution is -2.10. The van der Waals surface area contributed by atoms with Crippen LogP contribution < -0.4 is 9.46 Å². The van der Waals surface area contributed by atoms with E-state index in [9.17, 15) is 16.8 Å². The number of nitrogens with one attached hydrogen (secondary N) is 1. The van der Waals surface area contributed by atoms with Crippen molar-refractivity contribution >= 4 is 58.6 Å². The Morgan fingerprint density at radius 3 is 2.17 bits per heavy atom. The molecule has 1 N–H and O–H groups in total. The zero-order valence-corrected chi connectivity index (χ0v) is 15.9. The van der Waals surface area contributed by atoms with E-state index in [1.165, 1.54) is 24.3 Å². The van der Waals surface area contributed by atoms with E-state index in [1.807, 2.05) is 0 Å². The molecule has 0 spiro atoms. The molecule has 2 aromatic carbocycles. The first-order valence-corrected chi connectivity index (χ1v) is 11.1. The fourth-order valence-corrected chi connectivity index (χ4v) is 3.48. The van der Waals surface area contributed by atoms with E-state index in [-0.39, 0.29) is 27.1 Å². The molecular weight excluding hydrogens is 421 g/mol. The molecule has 0 aromatic heterocycles. The van der Waals surface area contributed by atoms with Crippen molar-refractivity contribution in [2.24, 2.45) is 0 Å². The van der Waals surface area contributed by atoms with E-state index in [4.69, 9.17) is 38.6 Å². The van der Waals surface area contributed by atoms with Gasteiger partial charge >= 0.3 is 0 Å². The fourth-order valence-electron chi connectivity index (χ4n) is 1.70. The number of halogens is 3. The van der Waals surface area contributed by atoms with Gasteiger partial charge < -0.3 is 4.74 Å². The van der Waals surface area contributed by atoms with E-state index in [2.05, 4.69) is 4.72 Å². The van der Waals surface area contributed by atoms with Crippen LogP contribution >= 0.6 is 33.9 Å². The van der Waals surface area contributed by atoms with Gasteiger partial charge in [-0.3, -0.25) is 4.72 Å². The van der Waals surface area contributed by atoms with Crippen molar-refractivity contribution in [2.45, 2.75) is 4.90 Å². The molecule has 2 aromatic rings. The average molecular weight is 431 g/mol. The van der Waals surface area contributed by atoms with Crippen molar-refractivity contribution < 1.29 is 21.6 Å². The van der Waals surface area contributed by atoms with Crippen molar-refractivity contribution in [2.75, 3.05) is 11.0 Å². The Kier molecular flexibility index (Phi) is 5.56. The Morgan fingerprint density at radius 2 is 1.62 bits per heavy atom. The van der Waals surface area contributed by atoms with Gasteiger partial charge in [0.25, 0.3) is 9.05 Å². The highest BCUT2D eigenvalue weighted by Crippen LogP contribution is 2.37. The standard InChI is InChI=1S/C13H10Cl3NO5S2/c1-23(18,19)17-11-4-3-9(24(16,20)21)7-13(11)22-12-5-2-8(14)6-10(12)15/h2-7,17H,1H3.